The van der Waals surface area contributed by atoms with Crippen molar-refractivity contribution in [2.24, 2.45) is 0 Å². The van der Waals surface area contributed by atoms with Crippen molar-refractivity contribution in [2.45, 2.75) is 0 Å². The van der Waals surface area contributed by atoms with Gasteiger partial charge in [-0.1, -0.05) is 0 Å². The van der Waals surface area contributed by atoms with E-state index in [1.165, 1.54) is 0 Å². The molecule has 0 unspecified atom stereocenters. The summed E-state index contributed by atoms with van der Waals surface area (Å²) in [6.07, 6.45) is 0. The van der Waals surface area contributed by atoms with Crippen LogP contribution in [0.3, 0.4) is 0 Å². The summed E-state index contributed by atoms with van der Waals surface area (Å²) in [5, 5.41) is 0. The first-order valence-electron chi connectivity index (χ1n) is 0. The average molecular weight is 600 g/mol. The zero-order valence-electron chi connectivity index (χ0n) is 1.64. The molecule has 0 N–H and O–H groups in total. The van der Waals surface area contributed by atoms with Crippen LogP contribution < -0.4 is 0 Å². The summed E-state index contributed by atoms with van der Waals surface area (Å²) in [7, 11) is 0. The molecule has 25 valence electrons. The van der Waals surface area contributed by atoms with Gasteiger partial charge in [-0.15, -0.1) is 0 Å². The van der Waals surface area contributed by atoms with Gasteiger partial charge in [-0.25, -0.2) is 0 Å². The normalized spacial score (nSPS) is 0. The summed E-state index contributed by atoms with van der Waals surface area (Å²) >= 11 is 0. The van der Waals surface area contributed by atoms with Crippen molar-refractivity contribution in [3.8, 4) is 0 Å². The largest absolute Gasteiger partial charge is 0 e. The number of hydrogen-bond acceptors (Lipinski definition) is 0. The first-order chi connectivity index (χ1) is 0. The third kappa shape index (κ3) is 10.6. The topological polar surface area (TPSA) is 0 Å². The van der Waals surface area contributed by atoms with Crippen molar-refractivity contribution in [3.05, 3.63) is 0 Å². The van der Waals surface area contributed by atoms with E-state index in [2.05, 4.69) is 0 Å². The number of rotatable bonds is 0. The van der Waals surface area contributed by atoms with Gasteiger partial charge in [0.25, 0.3) is 0 Å². The van der Waals surface area contributed by atoms with Crippen LogP contribution in [0.15, 0.2) is 0 Å². The Bertz CT molecular complexity index is 8.00. The predicted molar refractivity (Wildman–Crippen MR) is 0 cm³/mol. The standard InChI is InChI=1S/Ce.Eu.Gd.Sm. The van der Waals surface area contributed by atoms with Gasteiger partial charge < -0.3 is 0 Å². The molecule has 4 heteroatoms. The molecule has 0 heterocycles. The van der Waals surface area contributed by atoms with Crippen molar-refractivity contribution >= 4 is 0 Å². The van der Waals surface area contributed by atoms with Gasteiger partial charge >= 0.3 is 0 Å². The van der Waals surface area contributed by atoms with Crippen molar-refractivity contribution in [2.75, 3.05) is 0 Å². The molecule has 0 aromatic heterocycles. The Hall–Kier alpha value is 5.62. The SMILES string of the molecule is [Ce].[Eu].[Gd].[Sm]. The first-order valence-corrected chi connectivity index (χ1v) is 0. The molecule has 0 bridgehead atoms. The minimum Gasteiger partial charge on any atom is 0 e. The molecule has 0 saturated heterocycles. The van der Waals surface area contributed by atoms with Crippen LogP contribution in [-0.4, -0.2) is 0 Å². The van der Waals surface area contributed by atoms with E-state index in [0.29, 0.717) is 0 Å². The van der Waals surface area contributed by atoms with Gasteiger partial charge in [0.05, 0.1) is 0 Å². The summed E-state index contributed by atoms with van der Waals surface area (Å²) in [6.45, 7) is 0. The van der Waals surface area contributed by atoms with E-state index in [1.54, 1.807) is 0 Å². The van der Waals surface area contributed by atoms with Gasteiger partial charge in [-0.2, -0.15) is 0 Å². The van der Waals surface area contributed by atoms with E-state index >= 15 is 0 Å². The molecule has 0 spiro atoms. The van der Waals surface area contributed by atoms with Gasteiger partial charge in [-0.05, 0) is 0 Å². The fourth-order valence-electron chi connectivity index (χ4n) is 0. The minimum atomic E-state index is 0. The Kier molecular flexibility index (Phi) is 89.7. The van der Waals surface area contributed by atoms with Crippen LogP contribution in [0.4, 0.5) is 0 Å². The van der Waals surface area contributed by atoms with E-state index in [0.717, 1.165) is 0 Å². The van der Waals surface area contributed by atoms with E-state index in [4.69, 9.17) is 0 Å². The first kappa shape index (κ1) is 22.6. The van der Waals surface area contributed by atoms with Crippen LogP contribution in [0.1, 0.15) is 0 Å². The molecule has 0 aliphatic heterocycles. The van der Waals surface area contributed by atoms with Crippen molar-refractivity contribution in [1.82, 2.24) is 0 Å². The zero-order valence-corrected chi connectivity index (χ0v) is 12.1. The summed E-state index contributed by atoms with van der Waals surface area (Å²) in [5.41, 5.74) is 0. The van der Waals surface area contributed by atoms with Crippen molar-refractivity contribution in [3.63, 3.8) is 0 Å². The smallest absolute Gasteiger partial charge is 0 e. The molecular weight excluding hydrogens is 600 g/mol. The summed E-state index contributed by atoms with van der Waals surface area (Å²) in [4.78, 5) is 0. The van der Waals surface area contributed by atoms with Crippen LogP contribution in [-0.2, 0) is 0 Å². The van der Waals surface area contributed by atoms with Gasteiger partial charge in [0.2, 0.25) is 0 Å². The Morgan fingerprint density at radius 2 is 1.00 bits per heavy atom. The molecule has 0 aliphatic rings. The molecule has 0 atom stereocenters. The van der Waals surface area contributed by atoms with Crippen molar-refractivity contribution in [1.29, 1.82) is 0 Å². The van der Waals surface area contributed by atoms with Crippen LogP contribution >= 0.6 is 0 Å². The van der Waals surface area contributed by atoms with E-state index < -0.39 is 0 Å². The number of hydrogen-bond donors (Lipinski definition) is 0. The van der Waals surface area contributed by atoms with E-state index in [9.17, 15) is 0 Å². The van der Waals surface area contributed by atoms with Gasteiger partial charge in [-0.3, -0.25) is 0 Å². The second-order valence-corrected chi connectivity index (χ2v) is 0. The molecule has 0 rings (SSSR count). The van der Waals surface area contributed by atoms with Crippen LogP contribution in [0.5, 0.6) is 0 Å². The van der Waals surface area contributed by atoms with Crippen molar-refractivity contribution < 1.29 is 171 Å². The summed E-state index contributed by atoms with van der Waals surface area (Å²) < 4.78 is 0. The fraction of sp³-hybridized carbons (Fsp3) is 0. The Balaban J connectivity index is 0. The second kappa shape index (κ2) is 15.8. The molecule has 0 nitrogen and oxygen atoms in total. The predicted octanol–water partition coefficient (Wildman–Crippen LogP) is 0. The Morgan fingerprint density at radius 3 is 1.00 bits per heavy atom. The quantitative estimate of drug-likeness (QED) is 0.368. The molecule has 0 aromatic rings. The van der Waals surface area contributed by atoms with Gasteiger partial charge in [0, 0.05) is 171 Å². The molecular formula is CeEuGdSm. The molecule has 4 heavy (non-hydrogen) atoms. The zero-order chi connectivity index (χ0) is 0. The summed E-state index contributed by atoms with van der Waals surface area (Å²) in [5.74, 6) is 0. The molecule has 0 saturated carbocycles. The van der Waals surface area contributed by atoms with Crippen LogP contribution in [0, 0.1) is 171 Å². The fourth-order valence-corrected chi connectivity index (χ4v) is 0. The minimum absolute atomic E-state index is 0. The maximum absolute atomic E-state index is 0. The third-order valence-corrected chi connectivity index (χ3v) is 0. The molecule has 1 radical (unpaired) electrons. The maximum atomic E-state index is 0. The van der Waals surface area contributed by atoms with E-state index in [1.807, 2.05) is 0 Å². The maximum Gasteiger partial charge on any atom is 0 e. The third-order valence-electron chi connectivity index (χ3n) is 0. The second-order valence-electron chi connectivity index (χ2n) is 0. The van der Waals surface area contributed by atoms with Crippen LogP contribution in [0.2, 0.25) is 0 Å². The molecule has 0 amide bonds. The van der Waals surface area contributed by atoms with Crippen LogP contribution in [0.25, 0.3) is 0 Å². The molecule has 0 aromatic carbocycles. The van der Waals surface area contributed by atoms with Gasteiger partial charge in [0.15, 0.2) is 0 Å². The van der Waals surface area contributed by atoms with E-state index in [-0.39, 0.29) is 171 Å². The average Bonchev–Trinajstić information content (AvgIpc) is 0. The molecule has 0 aliphatic carbocycles. The Labute approximate surface area is 165 Å². The monoisotopic (exact) mass is 603 g/mol. The van der Waals surface area contributed by atoms with Gasteiger partial charge in [0.1, 0.15) is 0 Å². The Morgan fingerprint density at radius 1 is 1.00 bits per heavy atom. The summed E-state index contributed by atoms with van der Waals surface area (Å²) in [6, 6.07) is 0. The molecule has 0 fully saturated rings.